The summed E-state index contributed by atoms with van der Waals surface area (Å²) in [7, 11) is 1.70. The molecule has 4 aromatic rings. The van der Waals surface area contributed by atoms with E-state index >= 15 is 0 Å². The number of aromatic nitrogens is 4. The lowest BCUT2D eigenvalue weighted by atomic mass is 10.2. The number of amides is 1. The second kappa shape index (κ2) is 6.45. The molecule has 0 N–H and O–H groups in total. The third-order valence-electron chi connectivity index (χ3n) is 3.82. The van der Waals surface area contributed by atoms with E-state index in [1.54, 1.807) is 17.9 Å². The van der Waals surface area contributed by atoms with Gasteiger partial charge in [-0.25, -0.2) is 9.67 Å². The number of benzene rings is 2. The molecule has 4 rings (SSSR count). The smallest absolute Gasteiger partial charge is 0.281 e. The Bertz CT molecular complexity index is 991. The summed E-state index contributed by atoms with van der Waals surface area (Å²) >= 11 is 1.48. The van der Waals surface area contributed by atoms with E-state index in [1.165, 1.54) is 16.2 Å². The quantitative estimate of drug-likeness (QED) is 0.567. The van der Waals surface area contributed by atoms with Gasteiger partial charge in [-0.05, 0) is 17.7 Å². The average Bonchev–Trinajstić information content (AvgIpc) is 3.28. The highest BCUT2D eigenvalue weighted by atomic mass is 32.1. The van der Waals surface area contributed by atoms with Crippen LogP contribution >= 0.6 is 11.3 Å². The first-order valence-electron chi connectivity index (χ1n) is 7.78. The van der Waals surface area contributed by atoms with Crippen molar-refractivity contribution in [3.05, 3.63) is 72.1 Å². The molecule has 0 saturated heterocycles. The second-order valence-electron chi connectivity index (χ2n) is 5.62. The van der Waals surface area contributed by atoms with Crippen molar-refractivity contribution in [3.8, 4) is 0 Å². The molecule has 0 saturated carbocycles. The maximum Gasteiger partial charge on any atom is 0.281 e. The maximum atomic E-state index is 12.7. The molecule has 124 valence electrons. The molecular weight excluding hydrogens is 334 g/mol. The fourth-order valence-corrected chi connectivity index (χ4v) is 3.43. The van der Waals surface area contributed by atoms with Gasteiger partial charge in [-0.1, -0.05) is 59.0 Å². The SMILES string of the molecule is CN(C(=O)c1cn(Cc2ccccc2)nn1)c1nc2ccccc2s1. The van der Waals surface area contributed by atoms with Crippen molar-refractivity contribution in [1.82, 2.24) is 20.0 Å². The van der Waals surface area contributed by atoms with Gasteiger partial charge in [-0.15, -0.1) is 5.10 Å². The topological polar surface area (TPSA) is 63.9 Å². The Labute approximate surface area is 148 Å². The summed E-state index contributed by atoms with van der Waals surface area (Å²) < 4.78 is 2.71. The normalized spacial score (nSPS) is 10.9. The van der Waals surface area contributed by atoms with Crippen molar-refractivity contribution in [2.75, 3.05) is 11.9 Å². The molecule has 7 heteroatoms. The van der Waals surface area contributed by atoms with Crippen LogP contribution in [0.4, 0.5) is 5.13 Å². The Morgan fingerprint density at radius 2 is 1.88 bits per heavy atom. The summed E-state index contributed by atoms with van der Waals surface area (Å²) in [6.07, 6.45) is 1.67. The van der Waals surface area contributed by atoms with Crippen LogP contribution in [0.2, 0.25) is 0 Å². The van der Waals surface area contributed by atoms with Crippen LogP contribution in [0.25, 0.3) is 10.2 Å². The Morgan fingerprint density at radius 1 is 1.12 bits per heavy atom. The molecule has 0 bridgehead atoms. The minimum atomic E-state index is -0.224. The maximum absolute atomic E-state index is 12.7. The third-order valence-corrected chi connectivity index (χ3v) is 4.93. The fourth-order valence-electron chi connectivity index (χ4n) is 2.51. The molecule has 0 radical (unpaired) electrons. The molecule has 6 nitrogen and oxygen atoms in total. The predicted molar refractivity (Wildman–Crippen MR) is 97.9 cm³/mol. The molecule has 0 fully saturated rings. The molecule has 0 unspecified atom stereocenters. The standard InChI is InChI=1S/C18H15N5OS/c1-22(18-19-14-9-5-6-10-16(14)25-18)17(24)15-12-23(21-20-15)11-13-7-3-2-4-8-13/h2-10,12H,11H2,1H3. The molecule has 2 aromatic carbocycles. The van der Waals surface area contributed by atoms with Gasteiger partial charge >= 0.3 is 0 Å². The molecule has 25 heavy (non-hydrogen) atoms. The van der Waals surface area contributed by atoms with Gasteiger partial charge in [0.15, 0.2) is 10.8 Å². The van der Waals surface area contributed by atoms with Gasteiger partial charge in [0.2, 0.25) is 0 Å². The first-order chi connectivity index (χ1) is 12.2. The van der Waals surface area contributed by atoms with Crippen molar-refractivity contribution in [1.29, 1.82) is 0 Å². The lowest BCUT2D eigenvalue weighted by Gasteiger charge is -2.10. The number of nitrogens with zero attached hydrogens (tertiary/aromatic N) is 5. The Balaban J connectivity index is 1.54. The number of carbonyl (C=O) groups excluding carboxylic acids is 1. The van der Waals surface area contributed by atoms with Gasteiger partial charge in [0.25, 0.3) is 5.91 Å². The Kier molecular flexibility index (Phi) is 3.99. The molecule has 0 spiro atoms. The minimum absolute atomic E-state index is 0.224. The second-order valence-corrected chi connectivity index (χ2v) is 6.62. The van der Waals surface area contributed by atoms with Gasteiger partial charge < -0.3 is 0 Å². The highest BCUT2D eigenvalue weighted by Crippen LogP contribution is 2.28. The van der Waals surface area contributed by atoms with Gasteiger partial charge in [-0.2, -0.15) is 0 Å². The molecule has 2 aromatic heterocycles. The van der Waals surface area contributed by atoms with Gasteiger partial charge in [-0.3, -0.25) is 9.69 Å². The van der Waals surface area contributed by atoms with E-state index in [0.29, 0.717) is 17.4 Å². The van der Waals surface area contributed by atoms with E-state index in [-0.39, 0.29) is 5.91 Å². The van der Waals surface area contributed by atoms with E-state index in [9.17, 15) is 4.79 Å². The number of anilines is 1. The molecule has 0 aliphatic rings. The van der Waals surface area contributed by atoms with E-state index in [2.05, 4.69) is 15.3 Å². The minimum Gasteiger partial charge on any atom is -0.286 e. The van der Waals surface area contributed by atoms with Crippen molar-refractivity contribution in [2.45, 2.75) is 6.54 Å². The van der Waals surface area contributed by atoms with Crippen LogP contribution in [0.1, 0.15) is 16.1 Å². The number of para-hydroxylation sites is 1. The summed E-state index contributed by atoms with van der Waals surface area (Å²) in [6, 6.07) is 17.7. The molecule has 2 heterocycles. The van der Waals surface area contributed by atoms with Gasteiger partial charge in [0, 0.05) is 7.05 Å². The number of rotatable bonds is 4. The largest absolute Gasteiger partial charge is 0.286 e. The average molecular weight is 349 g/mol. The fraction of sp³-hybridized carbons (Fsp3) is 0.111. The van der Waals surface area contributed by atoms with Crippen LogP contribution < -0.4 is 4.90 Å². The molecular formula is C18H15N5OS. The summed E-state index contributed by atoms with van der Waals surface area (Å²) in [5.41, 5.74) is 2.29. The zero-order chi connectivity index (χ0) is 17.2. The van der Waals surface area contributed by atoms with Crippen molar-refractivity contribution >= 4 is 32.6 Å². The number of hydrogen-bond acceptors (Lipinski definition) is 5. The van der Waals surface area contributed by atoms with E-state index in [4.69, 9.17) is 0 Å². The lowest BCUT2D eigenvalue weighted by Crippen LogP contribution is -2.26. The molecule has 0 aliphatic carbocycles. The molecule has 0 aliphatic heterocycles. The predicted octanol–water partition coefficient (Wildman–Crippen LogP) is 3.21. The Hall–Kier alpha value is -3.06. The third kappa shape index (κ3) is 3.14. The Morgan fingerprint density at radius 3 is 2.68 bits per heavy atom. The van der Waals surface area contributed by atoms with Crippen molar-refractivity contribution in [2.24, 2.45) is 0 Å². The summed E-state index contributed by atoms with van der Waals surface area (Å²) in [6.45, 7) is 0.575. The van der Waals surface area contributed by atoms with E-state index in [0.717, 1.165) is 15.8 Å². The highest BCUT2D eigenvalue weighted by Gasteiger charge is 2.20. The number of thiazole rings is 1. The van der Waals surface area contributed by atoms with Crippen LogP contribution in [0.3, 0.4) is 0 Å². The van der Waals surface area contributed by atoms with Crippen molar-refractivity contribution < 1.29 is 4.79 Å². The van der Waals surface area contributed by atoms with Crippen LogP contribution in [-0.2, 0) is 6.54 Å². The van der Waals surface area contributed by atoms with Gasteiger partial charge in [0.1, 0.15) is 0 Å². The summed E-state index contributed by atoms with van der Waals surface area (Å²) in [5, 5.41) is 8.71. The van der Waals surface area contributed by atoms with Crippen LogP contribution in [0, 0.1) is 0 Å². The monoisotopic (exact) mass is 349 g/mol. The lowest BCUT2D eigenvalue weighted by molar-refractivity contribution is 0.0988. The summed E-state index contributed by atoms with van der Waals surface area (Å²) in [5.74, 6) is -0.224. The number of hydrogen-bond donors (Lipinski definition) is 0. The van der Waals surface area contributed by atoms with Crippen molar-refractivity contribution in [3.63, 3.8) is 0 Å². The van der Waals surface area contributed by atoms with Crippen LogP contribution in [0.15, 0.2) is 60.8 Å². The summed E-state index contributed by atoms with van der Waals surface area (Å²) in [4.78, 5) is 18.7. The highest BCUT2D eigenvalue weighted by molar-refractivity contribution is 7.22. The first-order valence-corrected chi connectivity index (χ1v) is 8.60. The van der Waals surface area contributed by atoms with E-state index in [1.807, 2.05) is 54.6 Å². The molecule has 1 amide bonds. The van der Waals surface area contributed by atoms with Crippen LogP contribution in [-0.4, -0.2) is 32.9 Å². The zero-order valence-electron chi connectivity index (χ0n) is 13.5. The van der Waals surface area contributed by atoms with Gasteiger partial charge in [0.05, 0.1) is 23.0 Å². The van der Waals surface area contributed by atoms with E-state index < -0.39 is 0 Å². The zero-order valence-corrected chi connectivity index (χ0v) is 14.3. The molecule has 0 atom stereocenters. The number of fused-ring (bicyclic) bond motifs is 1. The number of carbonyl (C=O) groups is 1. The first kappa shape index (κ1) is 15.5. The van der Waals surface area contributed by atoms with Crippen LogP contribution in [0.5, 0.6) is 0 Å².